The normalized spacial score (nSPS) is 10.8. The van der Waals surface area contributed by atoms with Crippen LogP contribution >= 0.6 is 22.9 Å². The molecule has 0 aliphatic heterocycles. The fourth-order valence-corrected chi connectivity index (χ4v) is 2.34. The summed E-state index contributed by atoms with van der Waals surface area (Å²) in [4.78, 5) is 17.5. The fourth-order valence-electron chi connectivity index (χ4n) is 1.37. The van der Waals surface area contributed by atoms with Crippen LogP contribution < -0.4 is 5.48 Å². The van der Waals surface area contributed by atoms with Gasteiger partial charge in [-0.2, -0.15) is 0 Å². The fraction of sp³-hybridized carbons (Fsp3) is 0.0714. The van der Waals surface area contributed by atoms with Crippen molar-refractivity contribution in [3.05, 3.63) is 63.3 Å². The molecule has 1 aromatic heterocycles. The van der Waals surface area contributed by atoms with Crippen molar-refractivity contribution in [2.24, 2.45) is 0 Å². The monoisotopic (exact) mass is 293 g/mol. The first kappa shape index (κ1) is 13.8. The topological polar surface area (TPSA) is 38.3 Å². The summed E-state index contributed by atoms with van der Waals surface area (Å²) in [5, 5.41) is 0. The summed E-state index contributed by atoms with van der Waals surface area (Å²) in [5.74, 6) is -0.305. The summed E-state index contributed by atoms with van der Waals surface area (Å²) in [5.41, 5.74) is 3.35. The minimum atomic E-state index is -0.305. The van der Waals surface area contributed by atoms with Crippen molar-refractivity contribution in [1.29, 1.82) is 0 Å². The van der Waals surface area contributed by atoms with Gasteiger partial charge >= 0.3 is 0 Å². The first-order valence-corrected chi connectivity index (χ1v) is 6.82. The van der Waals surface area contributed by atoms with Crippen LogP contribution in [0, 0.1) is 0 Å². The third-order valence-electron chi connectivity index (χ3n) is 2.25. The Morgan fingerprint density at radius 2 is 2.05 bits per heavy atom. The van der Waals surface area contributed by atoms with E-state index in [4.69, 9.17) is 16.4 Å². The minimum Gasteiger partial charge on any atom is -0.269 e. The summed E-state index contributed by atoms with van der Waals surface area (Å²) in [7, 11) is 0. The molecule has 1 amide bonds. The van der Waals surface area contributed by atoms with E-state index in [9.17, 15) is 4.79 Å². The third-order valence-corrected chi connectivity index (χ3v) is 3.44. The van der Waals surface area contributed by atoms with Crippen LogP contribution in [0.3, 0.4) is 0 Å². The number of hydrogen-bond acceptors (Lipinski definition) is 3. The molecule has 0 atom stereocenters. The van der Waals surface area contributed by atoms with Crippen LogP contribution in [0.1, 0.15) is 10.4 Å². The molecule has 0 fully saturated rings. The molecule has 1 heterocycles. The lowest BCUT2D eigenvalue weighted by molar-refractivity contribution is -0.129. The number of carbonyl (C=O) groups excluding carboxylic acids is 1. The minimum absolute atomic E-state index is 0.305. The second-order valence-corrected chi connectivity index (χ2v) is 5.46. The number of thiophene rings is 1. The first-order chi connectivity index (χ1) is 9.24. The number of hydroxylamine groups is 1. The highest BCUT2D eigenvalue weighted by Crippen LogP contribution is 2.22. The maximum atomic E-state index is 11.5. The van der Waals surface area contributed by atoms with Crippen molar-refractivity contribution in [3.8, 4) is 0 Å². The summed E-state index contributed by atoms with van der Waals surface area (Å²) in [6, 6.07) is 13.3. The smallest absolute Gasteiger partial charge is 0.267 e. The summed E-state index contributed by atoms with van der Waals surface area (Å²) >= 11 is 7.19. The molecule has 19 heavy (non-hydrogen) atoms. The predicted octanol–water partition coefficient (Wildman–Crippen LogP) is 3.66. The molecule has 0 spiro atoms. The molecule has 98 valence electrons. The quantitative estimate of drug-likeness (QED) is 0.675. The summed E-state index contributed by atoms with van der Waals surface area (Å²) in [6.45, 7) is 0.339. The van der Waals surface area contributed by atoms with Gasteiger partial charge in [0.25, 0.3) is 5.91 Å². The number of benzene rings is 1. The molecule has 1 aromatic carbocycles. The van der Waals surface area contributed by atoms with Crippen molar-refractivity contribution in [1.82, 2.24) is 5.48 Å². The lowest BCUT2D eigenvalue weighted by Crippen LogP contribution is -2.21. The molecule has 0 unspecified atom stereocenters. The molecule has 0 saturated carbocycles. The van der Waals surface area contributed by atoms with E-state index in [1.807, 2.05) is 36.4 Å². The molecule has 1 N–H and O–H groups in total. The van der Waals surface area contributed by atoms with Gasteiger partial charge in [-0.1, -0.05) is 41.9 Å². The second-order valence-electron chi connectivity index (χ2n) is 3.72. The van der Waals surface area contributed by atoms with Crippen molar-refractivity contribution < 1.29 is 9.63 Å². The van der Waals surface area contributed by atoms with Crippen LogP contribution in [0.4, 0.5) is 0 Å². The number of hydrogen-bond donors (Lipinski definition) is 1. The van der Waals surface area contributed by atoms with Gasteiger partial charge in [0.15, 0.2) is 0 Å². The molecule has 0 aliphatic rings. The van der Waals surface area contributed by atoms with Crippen LogP contribution in [0.15, 0.2) is 48.5 Å². The Labute approximate surface area is 120 Å². The molecule has 0 radical (unpaired) electrons. The average molecular weight is 294 g/mol. The van der Waals surface area contributed by atoms with Gasteiger partial charge in [0.2, 0.25) is 0 Å². The second kappa shape index (κ2) is 7.09. The number of halogens is 1. The van der Waals surface area contributed by atoms with Crippen molar-refractivity contribution in [3.63, 3.8) is 0 Å². The van der Waals surface area contributed by atoms with E-state index >= 15 is 0 Å². The molecule has 2 aromatic rings. The predicted molar refractivity (Wildman–Crippen MR) is 77.7 cm³/mol. The Kier molecular flexibility index (Phi) is 5.15. The highest BCUT2D eigenvalue weighted by Gasteiger charge is 1.98. The Morgan fingerprint density at radius 1 is 1.26 bits per heavy atom. The van der Waals surface area contributed by atoms with E-state index in [0.717, 1.165) is 10.4 Å². The van der Waals surface area contributed by atoms with Gasteiger partial charge in [-0.25, -0.2) is 5.48 Å². The third kappa shape index (κ3) is 4.87. The molecule has 0 aliphatic carbocycles. The Bertz CT molecular complexity index is 566. The van der Waals surface area contributed by atoms with Gasteiger partial charge in [0.05, 0.1) is 10.9 Å². The SMILES string of the molecule is O=C(/C=C\c1ccc(Cl)s1)NOCc1ccccc1. The zero-order valence-electron chi connectivity index (χ0n) is 10.0. The van der Waals surface area contributed by atoms with Crippen LogP contribution in [0.5, 0.6) is 0 Å². The maximum Gasteiger partial charge on any atom is 0.267 e. The Balaban J connectivity index is 1.74. The molecule has 5 heteroatoms. The molecule has 3 nitrogen and oxygen atoms in total. The number of rotatable bonds is 5. The van der Waals surface area contributed by atoms with Gasteiger partial charge in [-0.15, -0.1) is 11.3 Å². The van der Waals surface area contributed by atoms with E-state index in [2.05, 4.69) is 5.48 Å². The molecule has 0 saturated heterocycles. The van der Waals surface area contributed by atoms with Crippen LogP contribution in [0.25, 0.3) is 6.08 Å². The summed E-state index contributed by atoms with van der Waals surface area (Å²) in [6.07, 6.45) is 3.10. The zero-order chi connectivity index (χ0) is 13.5. The van der Waals surface area contributed by atoms with Gasteiger partial charge in [-0.05, 0) is 23.8 Å². The number of amides is 1. The lowest BCUT2D eigenvalue weighted by atomic mass is 10.2. The van der Waals surface area contributed by atoms with Crippen LogP contribution in [-0.4, -0.2) is 5.91 Å². The van der Waals surface area contributed by atoms with Gasteiger partial charge in [-0.3, -0.25) is 9.63 Å². The Morgan fingerprint density at radius 3 is 2.74 bits per heavy atom. The highest BCUT2D eigenvalue weighted by molar-refractivity contribution is 7.17. The standard InChI is InChI=1S/C14H12ClNO2S/c15-13-8-6-12(19-13)7-9-14(17)16-18-10-11-4-2-1-3-5-11/h1-9H,10H2,(H,16,17)/b9-7-. The van der Waals surface area contributed by atoms with E-state index in [-0.39, 0.29) is 5.91 Å². The lowest BCUT2D eigenvalue weighted by Gasteiger charge is -2.03. The molecule has 0 bridgehead atoms. The van der Waals surface area contributed by atoms with E-state index < -0.39 is 0 Å². The van der Waals surface area contributed by atoms with Crippen LogP contribution in [-0.2, 0) is 16.2 Å². The highest BCUT2D eigenvalue weighted by atomic mass is 35.5. The van der Waals surface area contributed by atoms with E-state index in [0.29, 0.717) is 10.9 Å². The number of carbonyl (C=O) groups is 1. The van der Waals surface area contributed by atoms with Crippen molar-refractivity contribution in [2.75, 3.05) is 0 Å². The van der Waals surface area contributed by atoms with Gasteiger partial charge in [0, 0.05) is 11.0 Å². The Hall–Kier alpha value is -1.62. The van der Waals surface area contributed by atoms with E-state index in [1.54, 1.807) is 12.1 Å². The molecular weight excluding hydrogens is 282 g/mol. The van der Waals surface area contributed by atoms with Crippen molar-refractivity contribution in [2.45, 2.75) is 6.61 Å². The maximum absolute atomic E-state index is 11.5. The largest absolute Gasteiger partial charge is 0.269 e. The zero-order valence-corrected chi connectivity index (χ0v) is 11.6. The first-order valence-electron chi connectivity index (χ1n) is 5.63. The van der Waals surface area contributed by atoms with Gasteiger partial charge < -0.3 is 0 Å². The van der Waals surface area contributed by atoms with Crippen molar-refractivity contribution >= 4 is 34.9 Å². The average Bonchev–Trinajstić information content (AvgIpc) is 2.83. The van der Waals surface area contributed by atoms with Gasteiger partial charge in [0.1, 0.15) is 0 Å². The number of nitrogens with one attached hydrogen (secondary N) is 1. The molecular formula is C14H12ClNO2S. The summed E-state index contributed by atoms with van der Waals surface area (Å²) < 4.78 is 0.695. The van der Waals surface area contributed by atoms with Crippen LogP contribution in [0.2, 0.25) is 4.34 Å². The van der Waals surface area contributed by atoms with E-state index in [1.165, 1.54) is 17.4 Å². The molecule has 2 rings (SSSR count).